The number of hydrogen-bond acceptors (Lipinski definition) is 4. The van der Waals surface area contributed by atoms with Crippen LogP contribution >= 0.6 is 11.8 Å². The number of hydrogen-bond donors (Lipinski definition) is 2. The zero-order valence-corrected chi connectivity index (χ0v) is 11.4. The van der Waals surface area contributed by atoms with Crippen molar-refractivity contribution >= 4 is 17.7 Å². The van der Waals surface area contributed by atoms with Gasteiger partial charge in [-0.15, -0.1) is 0 Å². The monoisotopic (exact) mass is 311 g/mol. The molecule has 0 saturated carbocycles. The Labute approximate surface area is 118 Å². The Morgan fingerprint density at radius 1 is 1.40 bits per heavy atom. The fourth-order valence-electron chi connectivity index (χ4n) is 1.54. The van der Waals surface area contributed by atoms with Crippen LogP contribution in [0.3, 0.4) is 0 Å². The molecule has 0 saturated heterocycles. The number of nitrogens with two attached hydrogens (primary N) is 1. The minimum absolute atomic E-state index is 0.113. The van der Waals surface area contributed by atoms with Gasteiger partial charge in [-0.2, -0.15) is 30.0 Å². The molecule has 0 aliphatic heterocycles. The third-order valence-corrected chi connectivity index (χ3v) is 3.70. The molecule has 0 spiro atoms. The predicted octanol–water partition coefficient (Wildman–Crippen LogP) is 1.91. The largest absolute Gasteiger partial charge is 0.480 e. The van der Waals surface area contributed by atoms with Gasteiger partial charge in [-0.25, -0.2) is 0 Å². The van der Waals surface area contributed by atoms with Crippen LogP contribution in [0, 0.1) is 0 Å². The van der Waals surface area contributed by atoms with Crippen LogP contribution in [0.5, 0.6) is 0 Å². The maximum Gasteiger partial charge on any atom is 0.410 e. The fourth-order valence-corrected chi connectivity index (χ4v) is 2.56. The third kappa shape index (κ3) is 5.41. The van der Waals surface area contributed by atoms with Gasteiger partial charge in [0, 0.05) is 12.4 Å². The Hall–Kier alpha value is -1.22. The van der Waals surface area contributed by atoms with E-state index in [2.05, 4.69) is 5.10 Å². The van der Waals surface area contributed by atoms with Crippen LogP contribution in [0.1, 0.15) is 18.9 Å². The molecule has 1 heterocycles. The standard InChI is InChI=1S/C11H16F3N3O2S/c12-11(13,14)9(17-5-1-4-16-17)3-7-20-6-2-8(15)10(18)19/h1,4-5,8-9H,2-3,6-7,15H2,(H,18,19). The summed E-state index contributed by atoms with van der Waals surface area (Å²) < 4.78 is 39.5. The molecule has 0 fully saturated rings. The lowest BCUT2D eigenvalue weighted by Crippen LogP contribution is -2.30. The zero-order chi connectivity index (χ0) is 15.2. The van der Waals surface area contributed by atoms with Crippen LogP contribution in [0.4, 0.5) is 13.2 Å². The second kappa shape index (κ2) is 7.53. The van der Waals surface area contributed by atoms with Gasteiger partial charge in [0.15, 0.2) is 0 Å². The first-order valence-electron chi connectivity index (χ1n) is 5.94. The summed E-state index contributed by atoms with van der Waals surface area (Å²) in [5.74, 6) is -0.427. The van der Waals surface area contributed by atoms with Crippen molar-refractivity contribution < 1.29 is 23.1 Å². The number of carboxylic acid groups (broad SMARTS) is 1. The van der Waals surface area contributed by atoms with Gasteiger partial charge in [0.05, 0.1) is 0 Å². The van der Waals surface area contributed by atoms with Crippen LogP contribution in [0.15, 0.2) is 18.5 Å². The summed E-state index contributed by atoms with van der Waals surface area (Å²) in [6.45, 7) is 0. The maximum atomic E-state index is 12.9. The van der Waals surface area contributed by atoms with Crippen molar-refractivity contribution in [1.82, 2.24) is 9.78 Å². The first-order chi connectivity index (χ1) is 9.32. The molecular weight excluding hydrogens is 295 g/mol. The number of aliphatic carboxylic acids is 1. The lowest BCUT2D eigenvalue weighted by Gasteiger charge is -2.20. The molecule has 5 nitrogen and oxygen atoms in total. The number of thioether (sulfide) groups is 1. The van der Waals surface area contributed by atoms with Crippen molar-refractivity contribution in [2.45, 2.75) is 31.1 Å². The molecule has 114 valence electrons. The van der Waals surface area contributed by atoms with E-state index in [0.717, 1.165) is 4.68 Å². The highest BCUT2D eigenvalue weighted by Crippen LogP contribution is 2.33. The van der Waals surface area contributed by atoms with Gasteiger partial charge in [0.2, 0.25) is 0 Å². The van der Waals surface area contributed by atoms with E-state index in [9.17, 15) is 18.0 Å². The average Bonchev–Trinajstić information content (AvgIpc) is 2.84. The van der Waals surface area contributed by atoms with Crippen LogP contribution < -0.4 is 5.73 Å². The zero-order valence-electron chi connectivity index (χ0n) is 10.6. The highest BCUT2D eigenvalue weighted by molar-refractivity contribution is 7.99. The van der Waals surface area contributed by atoms with Crippen LogP contribution in [0.2, 0.25) is 0 Å². The molecule has 9 heteroatoms. The minimum atomic E-state index is -4.36. The summed E-state index contributed by atoms with van der Waals surface area (Å²) in [7, 11) is 0. The number of nitrogens with zero attached hydrogens (tertiary/aromatic N) is 2. The third-order valence-electron chi connectivity index (χ3n) is 2.65. The fraction of sp³-hybridized carbons (Fsp3) is 0.636. The number of carbonyl (C=O) groups is 1. The van der Waals surface area contributed by atoms with Crippen LogP contribution in [0.25, 0.3) is 0 Å². The van der Waals surface area contributed by atoms with E-state index >= 15 is 0 Å². The summed E-state index contributed by atoms with van der Waals surface area (Å²) in [6.07, 6.45) is -1.65. The molecular formula is C11H16F3N3O2S. The molecule has 0 aromatic carbocycles. The van der Waals surface area contributed by atoms with Crippen molar-refractivity contribution in [3.05, 3.63) is 18.5 Å². The molecule has 2 atom stereocenters. The van der Waals surface area contributed by atoms with E-state index in [1.165, 1.54) is 30.2 Å². The Bertz CT molecular complexity index is 412. The van der Waals surface area contributed by atoms with E-state index in [1.807, 2.05) is 0 Å². The molecule has 1 aromatic rings. The molecule has 0 bridgehead atoms. The first-order valence-corrected chi connectivity index (χ1v) is 7.10. The number of rotatable bonds is 8. The molecule has 0 aliphatic carbocycles. The van der Waals surface area contributed by atoms with Gasteiger partial charge in [-0.3, -0.25) is 9.48 Å². The van der Waals surface area contributed by atoms with Gasteiger partial charge in [0.25, 0.3) is 0 Å². The summed E-state index contributed by atoms with van der Waals surface area (Å²) in [5.41, 5.74) is 5.30. The van der Waals surface area contributed by atoms with E-state index in [0.29, 0.717) is 5.75 Å². The van der Waals surface area contributed by atoms with E-state index < -0.39 is 24.2 Å². The smallest absolute Gasteiger partial charge is 0.410 e. The van der Waals surface area contributed by atoms with E-state index in [-0.39, 0.29) is 18.6 Å². The number of halogens is 3. The van der Waals surface area contributed by atoms with Crippen molar-refractivity contribution in [2.24, 2.45) is 5.73 Å². The highest BCUT2D eigenvalue weighted by Gasteiger charge is 2.40. The number of carboxylic acids is 1. The first kappa shape index (κ1) is 16.8. The molecule has 0 aliphatic rings. The topological polar surface area (TPSA) is 81.1 Å². The Morgan fingerprint density at radius 3 is 2.55 bits per heavy atom. The van der Waals surface area contributed by atoms with Crippen LogP contribution in [-0.4, -0.2) is 44.6 Å². The Kier molecular flexibility index (Phi) is 6.34. The highest BCUT2D eigenvalue weighted by atomic mass is 32.2. The average molecular weight is 311 g/mol. The summed E-state index contributed by atoms with van der Waals surface area (Å²) in [5, 5.41) is 12.2. The number of aromatic nitrogens is 2. The summed E-state index contributed by atoms with van der Waals surface area (Å²) in [6, 6.07) is -1.18. The van der Waals surface area contributed by atoms with Crippen LogP contribution in [-0.2, 0) is 4.79 Å². The molecule has 2 unspecified atom stereocenters. The SMILES string of the molecule is NC(CCSCCC(n1cccn1)C(F)(F)F)C(=O)O. The van der Waals surface area contributed by atoms with Gasteiger partial charge in [0.1, 0.15) is 12.1 Å². The lowest BCUT2D eigenvalue weighted by molar-refractivity contribution is -0.170. The van der Waals surface area contributed by atoms with Crippen molar-refractivity contribution in [1.29, 1.82) is 0 Å². The van der Waals surface area contributed by atoms with E-state index in [4.69, 9.17) is 10.8 Å². The maximum absolute atomic E-state index is 12.9. The summed E-state index contributed by atoms with van der Waals surface area (Å²) >= 11 is 1.26. The predicted molar refractivity (Wildman–Crippen MR) is 69.5 cm³/mol. The molecule has 0 radical (unpaired) electrons. The Morgan fingerprint density at radius 2 is 2.05 bits per heavy atom. The van der Waals surface area contributed by atoms with Crippen molar-refractivity contribution in [2.75, 3.05) is 11.5 Å². The quantitative estimate of drug-likeness (QED) is 0.717. The van der Waals surface area contributed by atoms with Gasteiger partial charge in [-0.1, -0.05) is 0 Å². The second-order valence-corrected chi connectivity index (χ2v) is 5.40. The molecule has 1 aromatic heterocycles. The van der Waals surface area contributed by atoms with Crippen molar-refractivity contribution in [3.8, 4) is 0 Å². The molecule has 1 rings (SSSR count). The summed E-state index contributed by atoms with van der Waals surface area (Å²) in [4.78, 5) is 10.5. The molecule has 3 N–H and O–H groups in total. The lowest BCUT2D eigenvalue weighted by atomic mass is 10.2. The minimum Gasteiger partial charge on any atom is -0.480 e. The number of alkyl halides is 3. The van der Waals surface area contributed by atoms with Gasteiger partial charge < -0.3 is 10.8 Å². The van der Waals surface area contributed by atoms with E-state index in [1.54, 1.807) is 0 Å². The second-order valence-electron chi connectivity index (χ2n) is 4.18. The molecule has 20 heavy (non-hydrogen) atoms. The normalized spacial score (nSPS) is 15.0. The Balaban J connectivity index is 2.36. The van der Waals surface area contributed by atoms with Crippen molar-refractivity contribution in [3.63, 3.8) is 0 Å². The van der Waals surface area contributed by atoms with Gasteiger partial charge >= 0.3 is 12.1 Å². The van der Waals surface area contributed by atoms with Gasteiger partial charge in [-0.05, 0) is 30.4 Å². The molecule has 0 amide bonds.